The summed E-state index contributed by atoms with van der Waals surface area (Å²) in [4.78, 5) is 28.5. The smallest absolute Gasteiger partial charge is 0.340 e. The zero-order chi connectivity index (χ0) is 41.1. The molecule has 0 aliphatic heterocycles. The van der Waals surface area contributed by atoms with Gasteiger partial charge in [-0.2, -0.15) is 17.6 Å². The van der Waals surface area contributed by atoms with Crippen LogP contribution in [0.2, 0.25) is 0 Å². The molecular formula is C44H39F8NO4. The van der Waals surface area contributed by atoms with Crippen molar-refractivity contribution in [2.24, 2.45) is 5.92 Å². The predicted molar refractivity (Wildman–Crippen MR) is 203 cm³/mol. The summed E-state index contributed by atoms with van der Waals surface area (Å²) in [6.07, 6.45) is -4.13. The van der Waals surface area contributed by atoms with Crippen LogP contribution in [0.15, 0.2) is 97.1 Å². The summed E-state index contributed by atoms with van der Waals surface area (Å²) >= 11 is 0. The number of hydrogen-bond acceptors (Lipinski definition) is 4. The molecule has 0 radical (unpaired) electrons. The van der Waals surface area contributed by atoms with Crippen molar-refractivity contribution in [2.75, 3.05) is 13.2 Å². The van der Waals surface area contributed by atoms with Gasteiger partial charge in [0.1, 0.15) is 11.5 Å². The maximum absolute atomic E-state index is 14.4. The summed E-state index contributed by atoms with van der Waals surface area (Å²) in [6.45, 7) is 1.50. The molecule has 0 spiro atoms. The summed E-state index contributed by atoms with van der Waals surface area (Å²) in [5, 5.41) is 2.32. The molecule has 1 aromatic heterocycles. The Kier molecular flexibility index (Phi) is 12.2. The Labute approximate surface area is 323 Å². The summed E-state index contributed by atoms with van der Waals surface area (Å²) in [5.74, 6) is -10.5. The van der Waals surface area contributed by atoms with Gasteiger partial charge in [-0.25, -0.2) is 17.6 Å². The Hall–Kier alpha value is -5.46. The van der Waals surface area contributed by atoms with Crippen LogP contribution >= 0.6 is 0 Å². The molecule has 300 valence electrons. The van der Waals surface area contributed by atoms with E-state index in [9.17, 15) is 44.7 Å². The van der Waals surface area contributed by atoms with Gasteiger partial charge in [0.05, 0.1) is 16.6 Å². The molecule has 1 atom stereocenters. The van der Waals surface area contributed by atoms with Crippen molar-refractivity contribution in [3.8, 4) is 11.5 Å². The minimum atomic E-state index is -4.46. The molecule has 0 bridgehead atoms. The van der Waals surface area contributed by atoms with Crippen LogP contribution in [-0.2, 0) is 6.54 Å². The highest BCUT2D eigenvalue weighted by Crippen LogP contribution is 2.40. The molecule has 0 saturated carbocycles. The van der Waals surface area contributed by atoms with Crippen LogP contribution in [0.25, 0.3) is 32.6 Å². The first-order chi connectivity index (χ1) is 27.2. The number of unbranched alkanes of at least 4 members (excludes halogenated alkanes) is 1. The molecule has 1 heterocycles. The molecule has 0 saturated heterocycles. The first-order valence-corrected chi connectivity index (χ1v) is 18.5. The highest BCUT2D eigenvalue weighted by atomic mass is 19.3. The Balaban J connectivity index is 1.53. The van der Waals surface area contributed by atoms with Crippen LogP contribution in [0.5, 0.6) is 11.5 Å². The second-order valence-electron chi connectivity index (χ2n) is 14.0. The molecule has 0 amide bonds. The third-order valence-electron chi connectivity index (χ3n) is 10.1. The van der Waals surface area contributed by atoms with Gasteiger partial charge < -0.3 is 14.0 Å². The molecule has 0 aliphatic rings. The van der Waals surface area contributed by atoms with E-state index in [1.54, 1.807) is 42.5 Å². The van der Waals surface area contributed by atoms with Gasteiger partial charge in [0.25, 0.3) is 0 Å². The third kappa shape index (κ3) is 8.47. The fourth-order valence-corrected chi connectivity index (χ4v) is 6.99. The lowest BCUT2D eigenvalue weighted by Crippen LogP contribution is -2.34. The molecule has 0 fully saturated rings. The average Bonchev–Trinajstić information content (AvgIpc) is 3.52. The summed E-state index contributed by atoms with van der Waals surface area (Å²) in [7, 11) is 0. The number of rotatable bonds is 18. The molecule has 0 N–H and O–H groups in total. The fourth-order valence-electron chi connectivity index (χ4n) is 6.99. The molecule has 0 aliphatic carbocycles. The number of ketones is 2. The quantitative estimate of drug-likeness (QED) is 0.0642. The monoisotopic (exact) mass is 797 g/mol. The molecule has 5 nitrogen and oxygen atoms in total. The second kappa shape index (κ2) is 17.0. The van der Waals surface area contributed by atoms with E-state index in [4.69, 9.17) is 9.47 Å². The third-order valence-corrected chi connectivity index (χ3v) is 10.1. The first kappa shape index (κ1) is 41.2. The molecule has 5 aromatic carbocycles. The highest BCUT2D eigenvalue weighted by molar-refractivity contribution is 6.27. The zero-order valence-electron chi connectivity index (χ0n) is 31.0. The minimum Gasteiger partial charge on any atom is -0.486 e. The maximum Gasteiger partial charge on any atom is 0.340 e. The number of fused-ring (bicyclic) bond motifs is 5. The van der Waals surface area contributed by atoms with Crippen molar-refractivity contribution in [2.45, 2.75) is 70.8 Å². The Morgan fingerprint density at radius 2 is 1.18 bits per heavy atom. The fraction of sp³-hybridized carbons (Fsp3) is 0.318. The van der Waals surface area contributed by atoms with Gasteiger partial charge in [-0.15, -0.1) is 0 Å². The van der Waals surface area contributed by atoms with Crippen LogP contribution < -0.4 is 9.47 Å². The number of ether oxygens (including phenoxy) is 2. The van der Waals surface area contributed by atoms with Crippen LogP contribution in [0.1, 0.15) is 71.4 Å². The van der Waals surface area contributed by atoms with E-state index < -0.39 is 49.5 Å². The van der Waals surface area contributed by atoms with Crippen molar-refractivity contribution in [3.05, 3.63) is 119 Å². The van der Waals surface area contributed by atoms with Crippen LogP contribution in [-0.4, -0.2) is 54.0 Å². The lowest BCUT2D eigenvalue weighted by Gasteiger charge is -2.19. The SMILES string of the molecule is CCCCC(CC)Cn1c2ccc(C(=O)c3ccccc3OCC(F)(F)C(F)F)cc2c2cc(C(=O)c3ccccc3OCC(F)(F)C(F)F)c3ccccc3c21. The lowest BCUT2D eigenvalue weighted by molar-refractivity contribution is -0.148. The Bertz CT molecular complexity index is 2410. The minimum absolute atomic E-state index is 0.121. The second-order valence-corrected chi connectivity index (χ2v) is 14.0. The number of hydrogen-bond donors (Lipinski definition) is 0. The van der Waals surface area contributed by atoms with Crippen LogP contribution in [0, 0.1) is 5.92 Å². The van der Waals surface area contributed by atoms with Gasteiger partial charge in [-0.05, 0) is 66.3 Å². The highest BCUT2D eigenvalue weighted by Gasteiger charge is 2.43. The number of halogens is 8. The largest absolute Gasteiger partial charge is 0.486 e. The van der Waals surface area contributed by atoms with Gasteiger partial charge in [0, 0.05) is 39.3 Å². The molecule has 1 unspecified atom stereocenters. The molecule has 13 heteroatoms. The standard InChI is InChI=1S/C44H39F8NO4/c1-3-5-12-26(4-2)23-53-35-20-19-27(39(54)30-15-8-10-17-36(30)56-24-43(49,50)41(45)46)21-32(35)33-22-34(28-13-6-7-14-29(28)38(33)53)40(55)31-16-9-11-18-37(31)57-25-44(51,52)42(47)48/h6-11,13-22,26,41-42H,3-5,12,23-25H2,1-2H3. The number of nitrogens with zero attached hydrogens (tertiary/aromatic N) is 1. The van der Waals surface area contributed by atoms with E-state index in [0.29, 0.717) is 28.1 Å². The summed E-state index contributed by atoms with van der Waals surface area (Å²) in [6, 6.07) is 24.7. The maximum atomic E-state index is 14.4. The number of alkyl halides is 8. The van der Waals surface area contributed by atoms with E-state index in [-0.39, 0.29) is 39.7 Å². The van der Waals surface area contributed by atoms with Gasteiger partial charge in [-0.3, -0.25) is 9.59 Å². The Morgan fingerprint density at radius 1 is 0.632 bits per heavy atom. The van der Waals surface area contributed by atoms with Gasteiger partial charge in [0.15, 0.2) is 24.8 Å². The average molecular weight is 798 g/mol. The van der Waals surface area contributed by atoms with E-state index in [2.05, 4.69) is 18.4 Å². The predicted octanol–water partition coefficient (Wildman–Crippen LogP) is 12.2. The molecule has 57 heavy (non-hydrogen) atoms. The van der Waals surface area contributed by atoms with Gasteiger partial charge in [0.2, 0.25) is 0 Å². The first-order valence-electron chi connectivity index (χ1n) is 18.5. The number of carbonyl (C=O) groups excluding carboxylic acids is 2. The zero-order valence-corrected chi connectivity index (χ0v) is 31.0. The lowest BCUT2D eigenvalue weighted by atomic mass is 9.93. The van der Waals surface area contributed by atoms with E-state index in [1.807, 2.05) is 6.07 Å². The van der Waals surface area contributed by atoms with Crippen molar-refractivity contribution in [1.29, 1.82) is 0 Å². The molecular weight excluding hydrogens is 758 g/mol. The molecule has 6 rings (SSSR count). The van der Waals surface area contributed by atoms with Crippen molar-refractivity contribution < 1.29 is 54.2 Å². The van der Waals surface area contributed by atoms with E-state index >= 15 is 0 Å². The number of carbonyl (C=O) groups is 2. The number of para-hydroxylation sites is 2. The Morgan fingerprint density at radius 3 is 1.74 bits per heavy atom. The van der Waals surface area contributed by atoms with E-state index in [1.165, 1.54) is 48.5 Å². The molecule has 6 aromatic rings. The van der Waals surface area contributed by atoms with E-state index in [0.717, 1.165) is 36.7 Å². The summed E-state index contributed by atoms with van der Waals surface area (Å²) < 4.78 is 119. The summed E-state index contributed by atoms with van der Waals surface area (Å²) in [5.41, 5.74) is 1.50. The van der Waals surface area contributed by atoms with Crippen molar-refractivity contribution in [3.63, 3.8) is 0 Å². The van der Waals surface area contributed by atoms with Gasteiger partial charge in [-0.1, -0.05) is 81.6 Å². The van der Waals surface area contributed by atoms with Gasteiger partial charge >= 0.3 is 24.7 Å². The number of benzene rings is 5. The van der Waals surface area contributed by atoms with Crippen molar-refractivity contribution >= 4 is 44.1 Å². The normalized spacial score (nSPS) is 12.9. The van der Waals surface area contributed by atoms with Crippen LogP contribution in [0.4, 0.5) is 35.1 Å². The van der Waals surface area contributed by atoms with Crippen molar-refractivity contribution in [1.82, 2.24) is 4.57 Å². The topological polar surface area (TPSA) is 57.5 Å². The number of aromatic nitrogens is 1. The van der Waals surface area contributed by atoms with Crippen LogP contribution in [0.3, 0.4) is 0 Å².